The van der Waals surface area contributed by atoms with E-state index in [2.05, 4.69) is 5.73 Å². The molecular formula is C8H8F2N2O2. The van der Waals surface area contributed by atoms with Gasteiger partial charge in [-0.1, -0.05) is 0 Å². The Labute approximate surface area is 77.9 Å². The zero-order valence-electron chi connectivity index (χ0n) is 7.33. The average molecular weight is 202 g/mol. The number of pyridine rings is 1. The molecule has 0 saturated carbocycles. The van der Waals surface area contributed by atoms with Gasteiger partial charge in [0.15, 0.2) is 0 Å². The molecule has 0 aliphatic rings. The fraction of sp³-hybridized carbons (Fsp3) is 0.250. The molecule has 1 amide bonds. The van der Waals surface area contributed by atoms with Crippen molar-refractivity contribution in [1.29, 1.82) is 0 Å². The number of carbonyl (C=O) groups excluding carboxylic acids is 1. The summed E-state index contributed by atoms with van der Waals surface area (Å²) in [4.78, 5) is 21.3. The number of alkyl halides is 2. The second-order valence-electron chi connectivity index (χ2n) is 2.81. The van der Waals surface area contributed by atoms with E-state index in [0.29, 0.717) is 0 Å². The molecule has 0 aliphatic heterocycles. The third-order valence-corrected chi connectivity index (χ3v) is 1.76. The Morgan fingerprint density at radius 1 is 1.50 bits per heavy atom. The molecule has 0 radical (unpaired) electrons. The molecule has 1 rings (SSSR count). The van der Waals surface area contributed by atoms with Crippen LogP contribution >= 0.6 is 0 Å². The topological polar surface area (TPSA) is 65.1 Å². The summed E-state index contributed by atoms with van der Waals surface area (Å²) in [5.74, 6) is -5.48. The number of carbonyl (C=O) groups is 1. The van der Waals surface area contributed by atoms with E-state index in [1.165, 1.54) is 7.05 Å². The molecule has 0 aromatic carbocycles. The van der Waals surface area contributed by atoms with Crippen molar-refractivity contribution in [2.75, 3.05) is 0 Å². The minimum absolute atomic E-state index is 0.436. The molecule has 76 valence electrons. The lowest BCUT2D eigenvalue weighted by molar-refractivity contribution is -0.143. The summed E-state index contributed by atoms with van der Waals surface area (Å²) in [5, 5.41) is 0. The van der Waals surface area contributed by atoms with Crippen LogP contribution in [0.5, 0.6) is 0 Å². The van der Waals surface area contributed by atoms with Crippen molar-refractivity contribution >= 4 is 5.91 Å². The third-order valence-electron chi connectivity index (χ3n) is 1.76. The van der Waals surface area contributed by atoms with E-state index in [9.17, 15) is 18.4 Å². The molecule has 4 nitrogen and oxygen atoms in total. The number of aryl methyl sites for hydroxylation is 1. The Balaban J connectivity index is 3.27. The minimum Gasteiger partial charge on any atom is -0.364 e. The second-order valence-corrected chi connectivity index (χ2v) is 2.81. The highest BCUT2D eigenvalue weighted by Crippen LogP contribution is 2.25. The van der Waals surface area contributed by atoms with Crippen LogP contribution in [0.25, 0.3) is 0 Å². The molecular weight excluding hydrogens is 194 g/mol. The van der Waals surface area contributed by atoms with Gasteiger partial charge < -0.3 is 10.3 Å². The number of halogens is 2. The van der Waals surface area contributed by atoms with Crippen molar-refractivity contribution in [1.82, 2.24) is 4.57 Å². The summed E-state index contributed by atoms with van der Waals surface area (Å²) < 4.78 is 27.0. The van der Waals surface area contributed by atoms with E-state index in [-0.39, 0.29) is 0 Å². The van der Waals surface area contributed by atoms with Crippen molar-refractivity contribution in [3.05, 3.63) is 34.2 Å². The molecule has 2 N–H and O–H groups in total. The van der Waals surface area contributed by atoms with Gasteiger partial charge in [0.05, 0.1) is 0 Å². The monoisotopic (exact) mass is 202 g/mol. The Bertz CT molecular complexity index is 426. The number of nitrogens with two attached hydrogens (primary N) is 1. The van der Waals surface area contributed by atoms with Gasteiger partial charge in [-0.3, -0.25) is 9.59 Å². The second kappa shape index (κ2) is 3.21. The molecule has 0 fully saturated rings. The van der Waals surface area contributed by atoms with E-state index >= 15 is 0 Å². The number of aromatic nitrogens is 1. The zero-order valence-corrected chi connectivity index (χ0v) is 7.33. The lowest BCUT2D eigenvalue weighted by Gasteiger charge is -2.12. The predicted molar refractivity (Wildman–Crippen MR) is 44.8 cm³/mol. The van der Waals surface area contributed by atoms with Crippen LogP contribution in [0.4, 0.5) is 8.78 Å². The van der Waals surface area contributed by atoms with Crippen LogP contribution in [-0.4, -0.2) is 10.5 Å². The molecule has 0 aliphatic carbocycles. The lowest BCUT2D eigenvalue weighted by Crippen LogP contribution is -2.34. The largest absolute Gasteiger partial charge is 0.364 e. The van der Waals surface area contributed by atoms with Crippen LogP contribution in [0.3, 0.4) is 0 Å². The number of amides is 1. The van der Waals surface area contributed by atoms with Crippen molar-refractivity contribution in [3.8, 4) is 0 Å². The van der Waals surface area contributed by atoms with E-state index in [1.807, 2.05) is 0 Å². The zero-order chi connectivity index (χ0) is 10.9. The fourth-order valence-corrected chi connectivity index (χ4v) is 0.922. The third kappa shape index (κ3) is 1.63. The highest BCUT2D eigenvalue weighted by Gasteiger charge is 2.39. The van der Waals surface area contributed by atoms with Gasteiger partial charge >= 0.3 is 5.92 Å². The highest BCUT2D eigenvalue weighted by molar-refractivity contribution is 5.82. The van der Waals surface area contributed by atoms with Crippen LogP contribution < -0.4 is 11.3 Å². The number of hydrogen-bond donors (Lipinski definition) is 1. The predicted octanol–water partition coefficient (Wildman–Crippen LogP) is -0.0376. The molecule has 0 atom stereocenters. The number of rotatable bonds is 2. The van der Waals surface area contributed by atoms with Gasteiger partial charge in [-0.25, -0.2) is 0 Å². The lowest BCUT2D eigenvalue weighted by atomic mass is 10.1. The summed E-state index contributed by atoms with van der Waals surface area (Å²) in [6.45, 7) is 0. The smallest absolute Gasteiger partial charge is 0.350 e. The summed E-state index contributed by atoms with van der Waals surface area (Å²) in [6.07, 6.45) is 0.882. The maximum absolute atomic E-state index is 13.0. The molecule has 14 heavy (non-hydrogen) atoms. The van der Waals surface area contributed by atoms with Gasteiger partial charge in [-0.2, -0.15) is 8.78 Å². The van der Waals surface area contributed by atoms with Crippen LogP contribution in [0.2, 0.25) is 0 Å². The van der Waals surface area contributed by atoms with Crippen LogP contribution in [0.1, 0.15) is 5.56 Å². The molecule has 0 spiro atoms. The fourth-order valence-electron chi connectivity index (χ4n) is 0.922. The quantitative estimate of drug-likeness (QED) is 0.731. The molecule has 0 bridgehead atoms. The molecule has 1 aromatic rings. The molecule has 6 heteroatoms. The maximum Gasteiger partial charge on any atom is 0.350 e. The van der Waals surface area contributed by atoms with Gasteiger partial charge in [0, 0.05) is 24.9 Å². The van der Waals surface area contributed by atoms with Gasteiger partial charge in [-0.05, 0) is 6.07 Å². The average Bonchev–Trinajstić information content (AvgIpc) is 2.09. The highest BCUT2D eigenvalue weighted by atomic mass is 19.3. The molecule has 1 aromatic heterocycles. The number of nitrogens with zero attached hydrogens (tertiary/aromatic N) is 1. The summed E-state index contributed by atoms with van der Waals surface area (Å²) >= 11 is 0. The van der Waals surface area contributed by atoms with E-state index in [0.717, 1.165) is 22.9 Å². The first-order valence-electron chi connectivity index (χ1n) is 3.70. The molecule has 1 heterocycles. The maximum atomic E-state index is 13.0. The summed E-state index contributed by atoms with van der Waals surface area (Å²) in [5.41, 5.74) is 3.49. The normalized spacial score (nSPS) is 11.4. The van der Waals surface area contributed by atoms with Crippen molar-refractivity contribution in [2.45, 2.75) is 5.92 Å². The number of hydrogen-bond acceptors (Lipinski definition) is 2. The minimum atomic E-state index is -3.74. The number of primary amides is 1. The summed E-state index contributed by atoms with van der Waals surface area (Å²) in [7, 11) is 1.31. The molecule has 0 saturated heterocycles. The van der Waals surface area contributed by atoms with Gasteiger partial charge in [0.25, 0.3) is 5.91 Å². The van der Waals surface area contributed by atoms with E-state index < -0.39 is 23.0 Å². The van der Waals surface area contributed by atoms with Crippen molar-refractivity contribution in [3.63, 3.8) is 0 Å². The Hall–Kier alpha value is -1.72. The molecule has 0 unspecified atom stereocenters. The first-order valence-corrected chi connectivity index (χ1v) is 3.70. The summed E-state index contributed by atoms with van der Waals surface area (Å²) in [6, 6.07) is 1.83. The Kier molecular flexibility index (Phi) is 2.37. The SMILES string of the molecule is Cn1cc(C(F)(F)C(N)=O)ccc1=O. The van der Waals surface area contributed by atoms with Gasteiger partial charge in [0.2, 0.25) is 5.56 Å². The van der Waals surface area contributed by atoms with E-state index in [1.54, 1.807) is 0 Å². The van der Waals surface area contributed by atoms with Crippen LogP contribution in [0, 0.1) is 0 Å². The van der Waals surface area contributed by atoms with Crippen LogP contribution in [-0.2, 0) is 17.8 Å². The first-order chi connectivity index (χ1) is 6.35. The standard InChI is InChI=1S/C8H8F2N2O2/c1-12-4-5(2-3-6(12)13)8(9,10)7(11)14/h2-4H,1H3,(H2,11,14). The van der Waals surface area contributed by atoms with E-state index in [4.69, 9.17) is 0 Å². The van der Waals surface area contributed by atoms with Gasteiger partial charge in [0.1, 0.15) is 0 Å². The Morgan fingerprint density at radius 2 is 2.07 bits per heavy atom. The van der Waals surface area contributed by atoms with Crippen molar-refractivity contribution < 1.29 is 13.6 Å². The first kappa shape index (κ1) is 10.4. The van der Waals surface area contributed by atoms with Crippen LogP contribution in [0.15, 0.2) is 23.1 Å². The Morgan fingerprint density at radius 3 is 2.50 bits per heavy atom. The van der Waals surface area contributed by atoms with Crippen molar-refractivity contribution in [2.24, 2.45) is 12.8 Å². The van der Waals surface area contributed by atoms with Gasteiger partial charge in [-0.15, -0.1) is 0 Å².